The van der Waals surface area contributed by atoms with Crippen LogP contribution in [-0.4, -0.2) is 57.1 Å². The molecule has 0 spiro atoms. The highest BCUT2D eigenvalue weighted by atomic mass is 32.1. The van der Waals surface area contributed by atoms with E-state index >= 15 is 0 Å². The molecule has 2 heterocycles. The third-order valence-electron chi connectivity index (χ3n) is 5.55. The third kappa shape index (κ3) is 5.79. The number of carbonyl (C=O) groups excluding carboxylic acids is 3. The third-order valence-corrected chi connectivity index (χ3v) is 6.54. The summed E-state index contributed by atoms with van der Waals surface area (Å²) in [6.45, 7) is 0.939. The number of ether oxygens (including phenoxy) is 3. The first kappa shape index (κ1) is 23.6. The second-order valence-electron chi connectivity index (χ2n) is 7.52. The first-order chi connectivity index (χ1) is 15.4. The number of nitrogens with zero attached hydrogens (tertiary/aromatic N) is 1. The number of methoxy groups -OCH3 is 3. The Bertz CT molecular complexity index is 916. The van der Waals surface area contributed by atoms with Gasteiger partial charge in [0, 0.05) is 35.5 Å². The Kier molecular flexibility index (Phi) is 8.10. The summed E-state index contributed by atoms with van der Waals surface area (Å²) in [6, 6.07) is 8.44. The van der Waals surface area contributed by atoms with Crippen LogP contribution >= 0.6 is 11.3 Å². The van der Waals surface area contributed by atoms with Crippen molar-refractivity contribution in [1.29, 1.82) is 0 Å². The van der Waals surface area contributed by atoms with Gasteiger partial charge in [0.2, 0.25) is 5.91 Å². The molecule has 1 saturated heterocycles. The Balaban J connectivity index is 1.60. The van der Waals surface area contributed by atoms with Crippen molar-refractivity contribution in [2.45, 2.75) is 25.3 Å². The number of hydrogen-bond donors (Lipinski definition) is 1. The van der Waals surface area contributed by atoms with E-state index in [0.29, 0.717) is 43.0 Å². The van der Waals surface area contributed by atoms with E-state index in [1.54, 1.807) is 23.1 Å². The van der Waals surface area contributed by atoms with Gasteiger partial charge >= 0.3 is 5.97 Å². The minimum Gasteiger partial charge on any atom is -0.497 e. The van der Waals surface area contributed by atoms with Crippen molar-refractivity contribution in [2.75, 3.05) is 34.4 Å². The summed E-state index contributed by atoms with van der Waals surface area (Å²) in [6.07, 6.45) is 1.18. The summed E-state index contributed by atoms with van der Waals surface area (Å²) in [7, 11) is 4.41. The fourth-order valence-electron chi connectivity index (χ4n) is 3.71. The van der Waals surface area contributed by atoms with Gasteiger partial charge in [0.05, 0.1) is 33.8 Å². The SMILES string of the molecule is COC(=O)CC(NC(=O)C1CCN(C(=O)c2cc(OC)cc(OC)c2)CC1)c1cccs1. The standard InChI is InChI=1S/C23H28N2O6S/c1-29-17-11-16(12-18(13-17)30-2)23(28)25-8-6-15(7-9-25)22(27)24-19(14-21(26)31-3)20-5-4-10-32-20/h4-5,10-13,15,19H,6-9,14H2,1-3H3,(H,24,27). The van der Waals surface area contributed by atoms with Gasteiger partial charge in [0.25, 0.3) is 5.91 Å². The van der Waals surface area contributed by atoms with Crippen LogP contribution < -0.4 is 14.8 Å². The second-order valence-corrected chi connectivity index (χ2v) is 8.50. The van der Waals surface area contributed by atoms with E-state index in [0.717, 1.165) is 4.88 Å². The molecule has 0 aliphatic carbocycles. The average molecular weight is 461 g/mol. The van der Waals surface area contributed by atoms with E-state index in [-0.39, 0.29) is 30.1 Å². The molecule has 8 nitrogen and oxygen atoms in total. The summed E-state index contributed by atoms with van der Waals surface area (Å²) < 4.78 is 15.3. The lowest BCUT2D eigenvalue weighted by Gasteiger charge is -2.32. The summed E-state index contributed by atoms with van der Waals surface area (Å²) in [5.74, 6) is 0.266. The van der Waals surface area contributed by atoms with Crippen LogP contribution in [-0.2, 0) is 14.3 Å². The van der Waals surface area contributed by atoms with E-state index in [9.17, 15) is 14.4 Å². The van der Waals surface area contributed by atoms with E-state index in [1.165, 1.54) is 32.7 Å². The average Bonchev–Trinajstić information content (AvgIpc) is 3.37. The maximum Gasteiger partial charge on any atom is 0.307 e. The molecule has 1 aromatic carbocycles. The molecule has 1 unspecified atom stereocenters. The lowest BCUT2D eigenvalue weighted by Crippen LogP contribution is -2.44. The normalized spacial score (nSPS) is 15.0. The van der Waals surface area contributed by atoms with Crippen LogP contribution in [0.25, 0.3) is 0 Å². The molecule has 1 aliphatic heterocycles. The van der Waals surface area contributed by atoms with Crippen molar-refractivity contribution in [3.05, 3.63) is 46.2 Å². The maximum atomic E-state index is 13.0. The monoisotopic (exact) mass is 460 g/mol. The van der Waals surface area contributed by atoms with Gasteiger partial charge in [-0.05, 0) is 36.4 Å². The number of benzene rings is 1. The maximum absolute atomic E-state index is 13.0. The van der Waals surface area contributed by atoms with Gasteiger partial charge in [-0.2, -0.15) is 0 Å². The lowest BCUT2D eigenvalue weighted by molar-refractivity contribution is -0.141. The van der Waals surface area contributed by atoms with Crippen LogP contribution in [0.15, 0.2) is 35.7 Å². The minimum atomic E-state index is -0.418. The van der Waals surface area contributed by atoms with Crippen molar-refractivity contribution in [3.8, 4) is 11.5 Å². The molecule has 2 aromatic rings. The molecule has 3 rings (SSSR count). The van der Waals surface area contributed by atoms with Crippen LogP contribution in [0.4, 0.5) is 0 Å². The number of piperidine rings is 1. The molecule has 1 fully saturated rings. The molecular weight excluding hydrogens is 432 g/mol. The van der Waals surface area contributed by atoms with E-state index in [1.807, 2.05) is 17.5 Å². The Morgan fingerprint density at radius 3 is 2.28 bits per heavy atom. The number of thiophene rings is 1. The van der Waals surface area contributed by atoms with Crippen LogP contribution in [0.3, 0.4) is 0 Å². The van der Waals surface area contributed by atoms with E-state index in [2.05, 4.69) is 5.32 Å². The zero-order chi connectivity index (χ0) is 23.1. The highest BCUT2D eigenvalue weighted by molar-refractivity contribution is 7.10. The highest BCUT2D eigenvalue weighted by Crippen LogP contribution is 2.27. The van der Waals surface area contributed by atoms with Crippen molar-refractivity contribution in [3.63, 3.8) is 0 Å². The molecule has 0 bridgehead atoms. The van der Waals surface area contributed by atoms with Crippen molar-refractivity contribution in [2.24, 2.45) is 5.92 Å². The quantitative estimate of drug-likeness (QED) is 0.609. The van der Waals surface area contributed by atoms with Gasteiger partial charge in [-0.1, -0.05) is 6.07 Å². The smallest absolute Gasteiger partial charge is 0.307 e. The van der Waals surface area contributed by atoms with Gasteiger partial charge in [-0.25, -0.2) is 0 Å². The van der Waals surface area contributed by atoms with Gasteiger partial charge < -0.3 is 24.4 Å². The molecule has 1 aromatic heterocycles. The largest absolute Gasteiger partial charge is 0.497 e. The fraction of sp³-hybridized carbons (Fsp3) is 0.435. The number of esters is 1. The van der Waals surface area contributed by atoms with Crippen molar-refractivity contribution < 1.29 is 28.6 Å². The number of carbonyl (C=O) groups is 3. The molecular formula is C23H28N2O6S. The summed E-state index contributed by atoms with van der Waals surface area (Å²) >= 11 is 1.48. The first-order valence-corrected chi connectivity index (χ1v) is 11.3. The lowest BCUT2D eigenvalue weighted by atomic mass is 9.94. The van der Waals surface area contributed by atoms with Crippen molar-refractivity contribution >= 4 is 29.1 Å². The van der Waals surface area contributed by atoms with Crippen LogP contribution in [0.1, 0.15) is 40.5 Å². The molecule has 32 heavy (non-hydrogen) atoms. The molecule has 2 amide bonds. The van der Waals surface area contributed by atoms with Gasteiger partial charge in [0.15, 0.2) is 0 Å². The predicted molar refractivity (Wildman–Crippen MR) is 120 cm³/mol. The number of hydrogen-bond acceptors (Lipinski definition) is 7. The van der Waals surface area contributed by atoms with E-state index < -0.39 is 6.04 Å². The van der Waals surface area contributed by atoms with Crippen molar-refractivity contribution in [1.82, 2.24) is 10.2 Å². The summed E-state index contributed by atoms with van der Waals surface area (Å²) in [5, 5.41) is 4.90. The fourth-order valence-corrected chi connectivity index (χ4v) is 4.49. The summed E-state index contributed by atoms with van der Waals surface area (Å²) in [4.78, 5) is 40.3. The number of amides is 2. The molecule has 172 valence electrons. The molecule has 1 aliphatic rings. The first-order valence-electron chi connectivity index (χ1n) is 10.4. The molecule has 1 N–H and O–H groups in total. The highest BCUT2D eigenvalue weighted by Gasteiger charge is 2.30. The zero-order valence-electron chi connectivity index (χ0n) is 18.5. The Hall–Kier alpha value is -3.07. The Morgan fingerprint density at radius 1 is 1.09 bits per heavy atom. The van der Waals surface area contributed by atoms with Gasteiger partial charge in [-0.3, -0.25) is 14.4 Å². The molecule has 0 saturated carbocycles. The van der Waals surface area contributed by atoms with E-state index in [4.69, 9.17) is 14.2 Å². The molecule has 1 atom stereocenters. The topological polar surface area (TPSA) is 94.2 Å². The Labute approximate surface area is 191 Å². The predicted octanol–water partition coefficient (Wildman–Crippen LogP) is 3.04. The molecule has 9 heteroatoms. The number of rotatable bonds is 8. The number of nitrogens with one attached hydrogen (secondary N) is 1. The summed E-state index contributed by atoms with van der Waals surface area (Å²) in [5.41, 5.74) is 0.486. The van der Waals surface area contributed by atoms with Crippen LogP contribution in [0, 0.1) is 5.92 Å². The second kappa shape index (κ2) is 11.0. The van der Waals surface area contributed by atoms with Crippen LogP contribution in [0.5, 0.6) is 11.5 Å². The van der Waals surface area contributed by atoms with Gasteiger partial charge in [0.1, 0.15) is 11.5 Å². The van der Waals surface area contributed by atoms with Gasteiger partial charge in [-0.15, -0.1) is 11.3 Å². The zero-order valence-corrected chi connectivity index (χ0v) is 19.3. The minimum absolute atomic E-state index is 0.0811. The Morgan fingerprint density at radius 2 is 1.75 bits per heavy atom. The number of likely N-dealkylation sites (tertiary alicyclic amines) is 1. The molecule has 0 radical (unpaired) electrons. The van der Waals surface area contributed by atoms with Crippen LogP contribution in [0.2, 0.25) is 0 Å².